The van der Waals surface area contributed by atoms with Crippen molar-refractivity contribution in [2.45, 2.75) is 31.4 Å². The molecular weight excluding hydrogens is 322 g/mol. The molecule has 0 saturated heterocycles. The van der Waals surface area contributed by atoms with E-state index in [1.807, 2.05) is 59.5 Å². The van der Waals surface area contributed by atoms with Gasteiger partial charge in [0.05, 0.1) is 19.1 Å². The van der Waals surface area contributed by atoms with E-state index < -0.39 is 6.10 Å². The van der Waals surface area contributed by atoms with Crippen LogP contribution in [0.5, 0.6) is 0 Å². The Kier molecular flexibility index (Phi) is 4.72. The Morgan fingerprint density at radius 2 is 1.65 bits per heavy atom. The van der Waals surface area contributed by atoms with Crippen LogP contribution in [0.1, 0.15) is 30.1 Å². The summed E-state index contributed by atoms with van der Waals surface area (Å²) in [6, 6.07) is 24.1. The summed E-state index contributed by atoms with van der Waals surface area (Å²) in [7, 11) is 0. The molecule has 1 aliphatic rings. The number of aliphatic hydroxyl groups is 1. The Morgan fingerprint density at radius 1 is 0.962 bits per heavy atom. The Hall–Kier alpha value is -2.65. The van der Waals surface area contributed by atoms with Crippen LogP contribution in [0.25, 0.3) is 10.8 Å². The van der Waals surface area contributed by atoms with Gasteiger partial charge in [-0.25, -0.2) is 0 Å². The van der Waals surface area contributed by atoms with Gasteiger partial charge in [-0.1, -0.05) is 72.8 Å². The lowest BCUT2D eigenvalue weighted by atomic mass is 10.0. The number of amides is 1. The average molecular weight is 345 g/mol. The van der Waals surface area contributed by atoms with Crippen molar-refractivity contribution in [1.82, 2.24) is 4.90 Å². The van der Waals surface area contributed by atoms with Crippen molar-refractivity contribution in [2.24, 2.45) is 0 Å². The zero-order valence-corrected chi connectivity index (χ0v) is 14.7. The lowest BCUT2D eigenvalue weighted by Crippen LogP contribution is -2.37. The summed E-state index contributed by atoms with van der Waals surface area (Å²) < 4.78 is 0. The fraction of sp³-hybridized carbons (Fsp3) is 0.261. The van der Waals surface area contributed by atoms with E-state index in [1.165, 1.54) is 0 Å². The van der Waals surface area contributed by atoms with Crippen LogP contribution in [-0.4, -0.2) is 28.5 Å². The van der Waals surface area contributed by atoms with E-state index in [0.29, 0.717) is 13.0 Å². The molecule has 3 nitrogen and oxygen atoms in total. The number of carbonyl (C=O) groups is 1. The number of hydrogen-bond acceptors (Lipinski definition) is 2. The fourth-order valence-corrected chi connectivity index (χ4v) is 3.52. The number of rotatable bonds is 6. The van der Waals surface area contributed by atoms with E-state index in [2.05, 4.69) is 18.2 Å². The molecule has 1 atom stereocenters. The predicted octanol–water partition coefficient (Wildman–Crippen LogP) is 4.11. The van der Waals surface area contributed by atoms with Crippen molar-refractivity contribution in [3.63, 3.8) is 0 Å². The minimum atomic E-state index is -0.645. The number of carbonyl (C=O) groups excluding carboxylic acids is 1. The third-order valence-electron chi connectivity index (χ3n) is 5.08. The summed E-state index contributed by atoms with van der Waals surface area (Å²) in [5.74, 6) is 0.0961. The van der Waals surface area contributed by atoms with Gasteiger partial charge in [0.1, 0.15) is 0 Å². The van der Waals surface area contributed by atoms with Crippen molar-refractivity contribution in [3.05, 3.63) is 83.9 Å². The maximum Gasteiger partial charge on any atom is 0.227 e. The van der Waals surface area contributed by atoms with E-state index in [-0.39, 0.29) is 11.9 Å². The maximum absolute atomic E-state index is 13.0. The maximum atomic E-state index is 13.0. The molecule has 1 saturated carbocycles. The van der Waals surface area contributed by atoms with Crippen molar-refractivity contribution in [1.29, 1.82) is 0 Å². The molecular formula is C23H23NO2. The highest BCUT2D eigenvalue weighted by Gasteiger charge is 2.33. The lowest BCUT2D eigenvalue weighted by molar-refractivity contribution is -0.132. The van der Waals surface area contributed by atoms with Gasteiger partial charge in [-0.3, -0.25) is 4.79 Å². The third kappa shape index (κ3) is 3.63. The molecule has 1 fully saturated rings. The quantitative estimate of drug-likeness (QED) is 0.730. The van der Waals surface area contributed by atoms with Gasteiger partial charge in [0, 0.05) is 6.04 Å². The van der Waals surface area contributed by atoms with Crippen LogP contribution < -0.4 is 0 Å². The molecule has 1 amide bonds. The largest absolute Gasteiger partial charge is 0.387 e. The van der Waals surface area contributed by atoms with E-state index in [9.17, 15) is 9.90 Å². The Labute approximate surface area is 153 Å². The third-order valence-corrected chi connectivity index (χ3v) is 5.08. The highest BCUT2D eigenvalue weighted by atomic mass is 16.3. The van der Waals surface area contributed by atoms with Crippen LogP contribution >= 0.6 is 0 Å². The molecule has 0 spiro atoms. The molecule has 0 aromatic heterocycles. The second kappa shape index (κ2) is 7.30. The summed E-state index contributed by atoms with van der Waals surface area (Å²) >= 11 is 0. The molecule has 0 unspecified atom stereocenters. The molecule has 3 heteroatoms. The Morgan fingerprint density at radius 3 is 2.42 bits per heavy atom. The summed E-state index contributed by atoms with van der Waals surface area (Å²) in [5.41, 5.74) is 1.91. The monoisotopic (exact) mass is 345 g/mol. The molecule has 0 heterocycles. The summed E-state index contributed by atoms with van der Waals surface area (Å²) in [6.45, 7) is 0.359. The second-order valence-electron chi connectivity index (χ2n) is 7.02. The Bertz CT molecular complexity index is 897. The van der Waals surface area contributed by atoms with Gasteiger partial charge in [0.2, 0.25) is 5.91 Å². The first-order chi connectivity index (χ1) is 12.7. The van der Waals surface area contributed by atoms with Crippen LogP contribution in [0, 0.1) is 0 Å². The summed E-state index contributed by atoms with van der Waals surface area (Å²) in [4.78, 5) is 14.9. The minimum absolute atomic E-state index is 0.0961. The van der Waals surface area contributed by atoms with Crippen molar-refractivity contribution >= 4 is 16.7 Å². The fourth-order valence-electron chi connectivity index (χ4n) is 3.52. The summed E-state index contributed by atoms with van der Waals surface area (Å²) in [5, 5.41) is 12.8. The molecule has 3 aromatic rings. The zero-order valence-electron chi connectivity index (χ0n) is 14.7. The molecule has 4 rings (SSSR count). The van der Waals surface area contributed by atoms with Crippen molar-refractivity contribution < 1.29 is 9.90 Å². The Balaban J connectivity index is 1.52. The van der Waals surface area contributed by atoms with E-state index >= 15 is 0 Å². The van der Waals surface area contributed by atoms with Crippen LogP contribution in [0.3, 0.4) is 0 Å². The van der Waals surface area contributed by atoms with Gasteiger partial charge in [0.25, 0.3) is 0 Å². The molecule has 3 aromatic carbocycles. The SMILES string of the molecule is O=C(Cc1cccc2ccccc12)N(C[C@H](O)c1ccccc1)C1CC1. The van der Waals surface area contributed by atoms with Crippen LogP contribution in [0.2, 0.25) is 0 Å². The van der Waals surface area contributed by atoms with Crippen molar-refractivity contribution in [3.8, 4) is 0 Å². The molecule has 26 heavy (non-hydrogen) atoms. The molecule has 0 aliphatic heterocycles. The summed E-state index contributed by atoms with van der Waals surface area (Å²) in [6.07, 6.45) is 1.79. The first kappa shape index (κ1) is 16.8. The molecule has 0 radical (unpaired) electrons. The lowest BCUT2D eigenvalue weighted by Gasteiger charge is -2.26. The van der Waals surface area contributed by atoms with E-state index in [0.717, 1.165) is 34.7 Å². The normalized spacial score (nSPS) is 15.0. The van der Waals surface area contributed by atoms with Crippen molar-refractivity contribution in [2.75, 3.05) is 6.54 Å². The smallest absolute Gasteiger partial charge is 0.227 e. The minimum Gasteiger partial charge on any atom is -0.387 e. The number of fused-ring (bicyclic) bond motifs is 1. The van der Waals surface area contributed by atoms with Crippen LogP contribution in [0.15, 0.2) is 72.8 Å². The van der Waals surface area contributed by atoms with Crippen LogP contribution in [-0.2, 0) is 11.2 Å². The number of aliphatic hydroxyl groups excluding tert-OH is 1. The first-order valence-electron chi connectivity index (χ1n) is 9.21. The predicted molar refractivity (Wildman–Crippen MR) is 104 cm³/mol. The molecule has 132 valence electrons. The average Bonchev–Trinajstić information content (AvgIpc) is 3.52. The van der Waals surface area contributed by atoms with Gasteiger partial charge in [0.15, 0.2) is 0 Å². The van der Waals surface area contributed by atoms with E-state index in [1.54, 1.807) is 0 Å². The van der Waals surface area contributed by atoms with Gasteiger partial charge in [-0.15, -0.1) is 0 Å². The van der Waals surface area contributed by atoms with Crippen LogP contribution in [0.4, 0.5) is 0 Å². The number of nitrogens with zero attached hydrogens (tertiary/aromatic N) is 1. The molecule has 1 aliphatic carbocycles. The number of hydrogen-bond donors (Lipinski definition) is 1. The topological polar surface area (TPSA) is 40.5 Å². The zero-order chi connectivity index (χ0) is 17.9. The second-order valence-corrected chi connectivity index (χ2v) is 7.02. The van der Waals surface area contributed by atoms with Gasteiger partial charge in [-0.05, 0) is 34.7 Å². The van der Waals surface area contributed by atoms with Gasteiger partial charge < -0.3 is 10.0 Å². The van der Waals surface area contributed by atoms with Gasteiger partial charge in [-0.2, -0.15) is 0 Å². The standard InChI is InChI=1S/C23H23NO2/c25-22(18-8-2-1-3-9-18)16-24(20-13-14-20)23(26)15-19-11-6-10-17-7-4-5-12-21(17)19/h1-12,20,22,25H,13-16H2/t22-/m0/s1. The first-order valence-corrected chi connectivity index (χ1v) is 9.21. The number of benzene rings is 3. The molecule has 0 bridgehead atoms. The van der Waals surface area contributed by atoms with E-state index in [4.69, 9.17) is 0 Å². The highest BCUT2D eigenvalue weighted by molar-refractivity contribution is 5.90. The molecule has 1 N–H and O–H groups in total. The highest BCUT2D eigenvalue weighted by Crippen LogP contribution is 2.30. The van der Waals surface area contributed by atoms with Gasteiger partial charge >= 0.3 is 0 Å².